The molecule has 0 aliphatic heterocycles. The molecule has 1 unspecified atom stereocenters. The molecule has 0 spiro atoms. The molecule has 0 bridgehead atoms. The van der Waals surface area contributed by atoms with Gasteiger partial charge in [-0.2, -0.15) is 0 Å². The highest BCUT2D eigenvalue weighted by molar-refractivity contribution is 7.92. The van der Waals surface area contributed by atoms with E-state index < -0.39 is 10.0 Å². The van der Waals surface area contributed by atoms with Gasteiger partial charge in [0, 0.05) is 11.4 Å². The first-order valence-electron chi connectivity index (χ1n) is 7.34. The molecule has 2 rings (SSSR count). The van der Waals surface area contributed by atoms with Crippen molar-refractivity contribution in [1.82, 2.24) is 4.72 Å². The van der Waals surface area contributed by atoms with Crippen LogP contribution in [-0.4, -0.2) is 14.5 Å². The quantitative estimate of drug-likeness (QED) is 0.848. The molecule has 116 valence electrons. The number of aryl methyl sites for hydroxylation is 1. The smallest absolute Gasteiger partial charge is 0.209 e. The van der Waals surface area contributed by atoms with Crippen LogP contribution in [0.25, 0.3) is 6.08 Å². The van der Waals surface area contributed by atoms with E-state index in [0.29, 0.717) is 0 Å². The van der Waals surface area contributed by atoms with Crippen LogP contribution in [0, 0.1) is 0 Å². The van der Waals surface area contributed by atoms with Crippen molar-refractivity contribution in [2.45, 2.75) is 25.8 Å². The average molecular weight is 315 g/mol. The number of hydrogen-bond acceptors (Lipinski definition) is 2. The van der Waals surface area contributed by atoms with Crippen LogP contribution >= 0.6 is 0 Å². The van der Waals surface area contributed by atoms with E-state index in [9.17, 15) is 8.42 Å². The van der Waals surface area contributed by atoms with Crippen LogP contribution in [0.15, 0.2) is 66.1 Å². The summed E-state index contributed by atoms with van der Waals surface area (Å²) in [4.78, 5) is 0. The Hall–Kier alpha value is -1.91. The van der Waals surface area contributed by atoms with E-state index in [-0.39, 0.29) is 6.04 Å². The van der Waals surface area contributed by atoms with Crippen molar-refractivity contribution in [3.05, 3.63) is 77.2 Å². The summed E-state index contributed by atoms with van der Waals surface area (Å²) in [5, 5.41) is 1.22. The van der Waals surface area contributed by atoms with Crippen LogP contribution < -0.4 is 4.72 Å². The molecule has 0 heterocycles. The maximum absolute atomic E-state index is 12.0. The molecule has 22 heavy (non-hydrogen) atoms. The minimum absolute atomic E-state index is 0.106. The van der Waals surface area contributed by atoms with E-state index in [4.69, 9.17) is 0 Å². The predicted octanol–water partition coefficient (Wildman–Crippen LogP) is 3.60. The van der Waals surface area contributed by atoms with Crippen molar-refractivity contribution in [2.75, 3.05) is 0 Å². The minimum Gasteiger partial charge on any atom is -0.209 e. The number of hydrogen-bond donors (Lipinski definition) is 1. The van der Waals surface area contributed by atoms with Gasteiger partial charge in [0.2, 0.25) is 10.0 Å². The van der Waals surface area contributed by atoms with Gasteiger partial charge in [-0.25, -0.2) is 13.1 Å². The normalized spacial score (nSPS) is 13.3. The zero-order valence-corrected chi connectivity index (χ0v) is 13.5. The van der Waals surface area contributed by atoms with Gasteiger partial charge in [-0.15, -0.1) is 0 Å². The minimum atomic E-state index is -3.41. The molecule has 2 aromatic carbocycles. The SMILES string of the molecule is CC(CCc1ccccc1)NS(=O)(=O)/C=C/c1ccccc1. The summed E-state index contributed by atoms with van der Waals surface area (Å²) in [6.07, 6.45) is 3.22. The molecule has 2 aromatic rings. The van der Waals surface area contributed by atoms with Gasteiger partial charge in [0.25, 0.3) is 0 Å². The fraction of sp³-hybridized carbons (Fsp3) is 0.222. The maximum Gasteiger partial charge on any atom is 0.233 e. The molecule has 1 atom stereocenters. The second-order valence-corrected chi connectivity index (χ2v) is 6.90. The summed E-state index contributed by atoms with van der Waals surface area (Å²) < 4.78 is 26.7. The average Bonchev–Trinajstić information content (AvgIpc) is 2.53. The fourth-order valence-electron chi connectivity index (χ4n) is 2.14. The summed E-state index contributed by atoms with van der Waals surface area (Å²) >= 11 is 0. The van der Waals surface area contributed by atoms with Crippen molar-refractivity contribution in [1.29, 1.82) is 0 Å². The Kier molecular flexibility index (Phi) is 5.92. The van der Waals surface area contributed by atoms with Crippen molar-refractivity contribution < 1.29 is 8.42 Å². The lowest BCUT2D eigenvalue weighted by Crippen LogP contribution is -2.31. The molecular formula is C18H21NO2S. The van der Waals surface area contributed by atoms with Crippen molar-refractivity contribution in [3.8, 4) is 0 Å². The number of sulfonamides is 1. The van der Waals surface area contributed by atoms with Crippen LogP contribution in [0.3, 0.4) is 0 Å². The Bertz CT molecular complexity index is 694. The summed E-state index contributed by atoms with van der Waals surface area (Å²) in [5.74, 6) is 0. The van der Waals surface area contributed by atoms with E-state index in [1.165, 1.54) is 11.0 Å². The molecule has 0 aliphatic carbocycles. The number of benzene rings is 2. The molecule has 0 amide bonds. The monoisotopic (exact) mass is 315 g/mol. The molecule has 1 N–H and O–H groups in total. The summed E-state index contributed by atoms with van der Waals surface area (Å²) in [6.45, 7) is 1.89. The Morgan fingerprint density at radius 1 is 1.00 bits per heavy atom. The highest BCUT2D eigenvalue weighted by Crippen LogP contribution is 2.07. The third-order valence-corrected chi connectivity index (χ3v) is 4.54. The Labute approximate surface area is 132 Å². The highest BCUT2D eigenvalue weighted by Gasteiger charge is 2.11. The standard InChI is InChI=1S/C18H21NO2S/c1-16(12-13-17-8-4-2-5-9-17)19-22(20,21)15-14-18-10-6-3-7-11-18/h2-11,14-16,19H,12-13H2,1H3/b15-14+. The third-order valence-electron chi connectivity index (χ3n) is 3.31. The van der Waals surface area contributed by atoms with E-state index in [2.05, 4.69) is 16.9 Å². The fourth-order valence-corrected chi connectivity index (χ4v) is 3.23. The molecule has 4 heteroatoms. The van der Waals surface area contributed by atoms with Crippen molar-refractivity contribution in [2.24, 2.45) is 0 Å². The van der Waals surface area contributed by atoms with Crippen LogP contribution in [0.4, 0.5) is 0 Å². The number of nitrogens with one attached hydrogen (secondary N) is 1. The Morgan fingerprint density at radius 2 is 1.59 bits per heavy atom. The van der Waals surface area contributed by atoms with E-state index in [1.54, 1.807) is 6.08 Å². The van der Waals surface area contributed by atoms with Gasteiger partial charge in [-0.1, -0.05) is 60.7 Å². The van der Waals surface area contributed by atoms with E-state index in [0.717, 1.165) is 18.4 Å². The first-order chi connectivity index (χ1) is 10.6. The molecule has 0 fully saturated rings. The first-order valence-corrected chi connectivity index (χ1v) is 8.89. The van der Waals surface area contributed by atoms with Gasteiger partial charge in [0.15, 0.2) is 0 Å². The molecule has 0 aromatic heterocycles. The lowest BCUT2D eigenvalue weighted by Gasteiger charge is -2.12. The Morgan fingerprint density at radius 3 is 2.23 bits per heavy atom. The molecular weight excluding hydrogens is 294 g/mol. The summed E-state index contributed by atoms with van der Waals surface area (Å²) in [6, 6.07) is 19.3. The molecule has 3 nitrogen and oxygen atoms in total. The largest absolute Gasteiger partial charge is 0.233 e. The van der Waals surface area contributed by atoms with Crippen LogP contribution in [0.2, 0.25) is 0 Å². The molecule has 0 aliphatic rings. The Balaban J connectivity index is 1.87. The zero-order valence-electron chi connectivity index (χ0n) is 12.6. The van der Waals surface area contributed by atoms with Crippen LogP contribution in [0.5, 0.6) is 0 Å². The zero-order chi connectivity index (χ0) is 15.8. The van der Waals surface area contributed by atoms with Gasteiger partial charge in [-0.3, -0.25) is 0 Å². The van der Waals surface area contributed by atoms with E-state index in [1.807, 2.05) is 55.5 Å². The van der Waals surface area contributed by atoms with Crippen molar-refractivity contribution >= 4 is 16.1 Å². The van der Waals surface area contributed by atoms with Crippen LogP contribution in [0.1, 0.15) is 24.5 Å². The lowest BCUT2D eigenvalue weighted by molar-refractivity contribution is 0.555. The van der Waals surface area contributed by atoms with Gasteiger partial charge in [0.1, 0.15) is 0 Å². The maximum atomic E-state index is 12.0. The van der Waals surface area contributed by atoms with Gasteiger partial charge in [-0.05, 0) is 37.0 Å². The summed E-state index contributed by atoms with van der Waals surface area (Å²) in [5.41, 5.74) is 2.08. The molecule has 0 saturated heterocycles. The second kappa shape index (κ2) is 7.92. The van der Waals surface area contributed by atoms with Crippen LogP contribution in [-0.2, 0) is 16.4 Å². The van der Waals surface area contributed by atoms with Crippen molar-refractivity contribution in [3.63, 3.8) is 0 Å². The summed E-state index contributed by atoms with van der Waals surface area (Å²) in [7, 11) is -3.41. The van der Waals surface area contributed by atoms with E-state index >= 15 is 0 Å². The second-order valence-electron chi connectivity index (χ2n) is 5.30. The first kappa shape index (κ1) is 16.5. The topological polar surface area (TPSA) is 46.2 Å². The number of rotatable bonds is 7. The predicted molar refractivity (Wildman–Crippen MR) is 91.8 cm³/mol. The molecule has 0 saturated carbocycles. The molecule has 0 radical (unpaired) electrons. The van der Waals surface area contributed by atoms with Gasteiger partial charge in [0.05, 0.1) is 0 Å². The van der Waals surface area contributed by atoms with Gasteiger partial charge >= 0.3 is 0 Å². The highest BCUT2D eigenvalue weighted by atomic mass is 32.2. The third kappa shape index (κ3) is 5.84. The lowest BCUT2D eigenvalue weighted by atomic mass is 10.1. The van der Waals surface area contributed by atoms with Gasteiger partial charge < -0.3 is 0 Å².